The van der Waals surface area contributed by atoms with Crippen molar-refractivity contribution in [1.29, 1.82) is 0 Å². The van der Waals surface area contributed by atoms with Gasteiger partial charge in [-0.15, -0.1) is 0 Å². The van der Waals surface area contributed by atoms with Crippen molar-refractivity contribution in [3.8, 4) is 5.75 Å². The Kier molecular flexibility index (Phi) is 3.28. The fraction of sp³-hybridized carbons (Fsp3) is 0.467. The van der Waals surface area contributed by atoms with Crippen molar-refractivity contribution in [2.24, 2.45) is 5.41 Å². The number of H-pyrrole nitrogens is 1. The molecule has 1 heterocycles. The molecule has 0 aliphatic rings. The molecule has 98 valence electrons. The molecule has 18 heavy (non-hydrogen) atoms. The Morgan fingerprint density at radius 2 is 1.89 bits per heavy atom. The van der Waals surface area contributed by atoms with Gasteiger partial charge in [0.05, 0.1) is 0 Å². The van der Waals surface area contributed by atoms with E-state index in [-0.39, 0.29) is 0 Å². The lowest BCUT2D eigenvalue weighted by molar-refractivity contribution is 0.429. The van der Waals surface area contributed by atoms with E-state index in [1.54, 1.807) is 0 Å². The first kappa shape index (κ1) is 13.2. The van der Waals surface area contributed by atoms with Crippen LogP contribution in [0.25, 0.3) is 10.9 Å². The summed E-state index contributed by atoms with van der Waals surface area (Å²) < 4.78 is 6.37. The molecule has 3 heteroatoms. The van der Waals surface area contributed by atoms with E-state index in [2.05, 4.69) is 63.1 Å². The molecule has 2 aromatic rings. The number of aromatic amines is 1. The predicted octanol–water partition coefficient (Wildman–Crippen LogP) is 4.80. The summed E-state index contributed by atoms with van der Waals surface area (Å²) in [4.78, 5) is 3.23. The normalized spacial score (nSPS) is 12.9. The van der Waals surface area contributed by atoms with Crippen LogP contribution in [0.1, 0.15) is 20.8 Å². The van der Waals surface area contributed by atoms with Crippen molar-refractivity contribution < 1.29 is 4.43 Å². The van der Waals surface area contributed by atoms with E-state index in [9.17, 15) is 0 Å². The highest BCUT2D eigenvalue weighted by Gasteiger charge is 2.31. The van der Waals surface area contributed by atoms with Gasteiger partial charge < -0.3 is 9.41 Å². The van der Waals surface area contributed by atoms with Gasteiger partial charge in [0.25, 0.3) is 0 Å². The maximum Gasteiger partial charge on any atom is 0.245 e. The molecule has 1 aromatic heterocycles. The van der Waals surface area contributed by atoms with Crippen molar-refractivity contribution in [2.75, 3.05) is 0 Å². The minimum absolute atomic E-state index is 0.321. The fourth-order valence-electron chi connectivity index (χ4n) is 2.76. The van der Waals surface area contributed by atoms with Crippen molar-refractivity contribution in [1.82, 2.24) is 4.98 Å². The number of aromatic nitrogens is 1. The summed E-state index contributed by atoms with van der Waals surface area (Å²) in [7, 11) is -1.68. The quantitative estimate of drug-likeness (QED) is 0.789. The average molecular weight is 261 g/mol. The third kappa shape index (κ3) is 3.16. The second-order valence-corrected chi connectivity index (χ2v) is 10.9. The van der Waals surface area contributed by atoms with E-state index in [4.69, 9.17) is 4.43 Å². The maximum atomic E-state index is 6.37. The summed E-state index contributed by atoms with van der Waals surface area (Å²) in [5.74, 6) is 1.02. The molecule has 2 nitrogen and oxygen atoms in total. The Morgan fingerprint density at radius 3 is 2.56 bits per heavy atom. The second-order valence-electron chi connectivity index (χ2n) is 6.79. The molecule has 2 rings (SSSR count). The van der Waals surface area contributed by atoms with Crippen molar-refractivity contribution in [3.63, 3.8) is 0 Å². The maximum absolute atomic E-state index is 6.37. The molecule has 1 N–H and O–H groups in total. The highest BCUT2D eigenvalue weighted by atomic mass is 28.4. The van der Waals surface area contributed by atoms with Gasteiger partial charge in [-0.1, -0.05) is 26.8 Å². The molecule has 0 fully saturated rings. The van der Waals surface area contributed by atoms with Gasteiger partial charge >= 0.3 is 0 Å². The Labute approximate surface area is 110 Å². The summed E-state index contributed by atoms with van der Waals surface area (Å²) in [6.45, 7) is 11.4. The van der Waals surface area contributed by atoms with Gasteiger partial charge in [-0.3, -0.25) is 0 Å². The predicted molar refractivity (Wildman–Crippen MR) is 80.7 cm³/mol. The number of nitrogens with one attached hydrogen (secondary N) is 1. The minimum Gasteiger partial charge on any atom is -0.544 e. The fourth-order valence-corrected chi connectivity index (χ4v) is 6.16. The summed E-state index contributed by atoms with van der Waals surface area (Å²) in [6.07, 6.45) is 1.97. The molecular formula is C15H23NOSi. The van der Waals surface area contributed by atoms with Crippen LogP contribution in [-0.4, -0.2) is 13.3 Å². The van der Waals surface area contributed by atoms with Gasteiger partial charge in [0.15, 0.2) is 0 Å². The zero-order chi connectivity index (χ0) is 13.4. The molecule has 0 radical (unpaired) electrons. The van der Waals surface area contributed by atoms with Crippen LogP contribution in [0.2, 0.25) is 19.1 Å². The Morgan fingerprint density at radius 1 is 1.17 bits per heavy atom. The zero-order valence-electron chi connectivity index (χ0n) is 12.0. The SMILES string of the molecule is CC(C)(C)C[Si](C)(C)Oc1cccc2[nH]ccc12. The van der Waals surface area contributed by atoms with Crippen LogP contribution in [0.5, 0.6) is 5.75 Å². The first-order valence-corrected chi connectivity index (χ1v) is 9.64. The zero-order valence-corrected chi connectivity index (χ0v) is 13.0. The Bertz CT molecular complexity index is 537. The molecule has 0 unspecified atom stereocenters. The lowest BCUT2D eigenvalue weighted by Crippen LogP contribution is -2.38. The van der Waals surface area contributed by atoms with Crippen molar-refractivity contribution in [2.45, 2.75) is 39.9 Å². The second kappa shape index (κ2) is 4.46. The molecule has 0 atom stereocenters. The van der Waals surface area contributed by atoms with E-state index < -0.39 is 8.32 Å². The van der Waals surface area contributed by atoms with E-state index >= 15 is 0 Å². The molecule has 0 spiro atoms. The van der Waals surface area contributed by atoms with Gasteiger partial charge in [0.1, 0.15) is 5.75 Å². The van der Waals surface area contributed by atoms with Crippen molar-refractivity contribution >= 4 is 19.2 Å². The van der Waals surface area contributed by atoms with Gasteiger partial charge in [-0.05, 0) is 42.8 Å². The topological polar surface area (TPSA) is 25.0 Å². The largest absolute Gasteiger partial charge is 0.544 e. The monoisotopic (exact) mass is 261 g/mol. The van der Waals surface area contributed by atoms with Gasteiger partial charge in [0, 0.05) is 17.1 Å². The number of benzene rings is 1. The van der Waals surface area contributed by atoms with Crippen LogP contribution in [0.3, 0.4) is 0 Å². The number of rotatable bonds is 3. The van der Waals surface area contributed by atoms with Crippen LogP contribution in [0.4, 0.5) is 0 Å². The molecule has 0 bridgehead atoms. The number of fused-ring (bicyclic) bond motifs is 1. The lowest BCUT2D eigenvalue weighted by Gasteiger charge is -2.31. The number of hydrogen-bond donors (Lipinski definition) is 1. The first-order chi connectivity index (χ1) is 8.27. The van der Waals surface area contributed by atoms with Crippen LogP contribution in [0.15, 0.2) is 30.5 Å². The van der Waals surface area contributed by atoms with Crippen LogP contribution in [-0.2, 0) is 0 Å². The standard InChI is InChI=1S/C15H23NOSi/c1-15(2,3)11-18(4,5)17-14-8-6-7-13-12(14)9-10-16-13/h6-10,16H,11H2,1-5H3. The highest BCUT2D eigenvalue weighted by molar-refractivity contribution is 6.72. The minimum atomic E-state index is -1.68. The third-order valence-corrected chi connectivity index (χ3v) is 5.58. The summed E-state index contributed by atoms with van der Waals surface area (Å²) in [5, 5.41) is 1.19. The highest BCUT2D eigenvalue weighted by Crippen LogP contribution is 2.32. The van der Waals surface area contributed by atoms with Gasteiger partial charge in [0.2, 0.25) is 8.32 Å². The number of hydrogen-bond acceptors (Lipinski definition) is 1. The summed E-state index contributed by atoms with van der Waals surface area (Å²) in [6, 6.07) is 9.46. The lowest BCUT2D eigenvalue weighted by atomic mass is 10.0. The van der Waals surface area contributed by atoms with Crippen LogP contribution >= 0.6 is 0 Å². The van der Waals surface area contributed by atoms with Gasteiger partial charge in [-0.25, -0.2) is 0 Å². The van der Waals surface area contributed by atoms with E-state index in [1.165, 1.54) is 5.39 Å². The average Bonchev–Trinajstić information content (AvgIpc) is 2.61. The Hall–Kier alpha value is -1.22. The molecule has 0 aliphatic heterocycles. The first-order valence-electron chi connectivity index (χ1n) is 6.52. The van der Waals surface area contributed by atoms with E-state index in [0.717, 1.165) is 17.3 Å². The molecular weight excluding hydrogens is 238 g/mol. The van der Waals surface area contributed by atoms with Crippen LogP contribution in [0, 0.1) is 5.41 Å². The molecule has 0 saturated carbocycles. The molecule has 0 amide bonds. The summed E-state index contributed by atoms with van der Waals surface area (Å²) in [5.41, 5.74) is 1.47. The summed E-state index contributed by atoms with van der Waals surface area (Å²) >= 11 is 0. The molecule has 1 aromatic carbocycles. The smallest absolute Gasteiger partial charge is 0.245 e. The van der Waals surface area contributed by atoms with E-state index in [1.807, 2.05) is 6.20 Å². The Balaban J connectivity index is 2.25. The van der Waals surface area contributed by atoms with E-state index in [0.29, 0.717) is 5.41 Å². The molecule has 0 saturated heterocycles. The third-order valence-electron chi connectivity index (χ3n) is 2.90. The molecule has 0 aliphatic carbocycles. The van der Waals surface area contributed by atoms with Gasteiger partial charge in [-0.2, -0.15) is 0 Å². The van der Waals surface area contributed by atoms with Crippen molar-refractivity contribution in [3.05, 3.63) is 30.5 Å². The van der Waals surface area contributed by atoms with Crippen LogP contribution < -0.4 is 4.43 Å².